The molecule has 0 saturated carbocycles. The summed E-state index contributed by atoms with van der Waals surface area (Å²) >= 11 is 2.20. The van der Waals surface area contributed by atoms with Crippen molar-refractivity contribution in [1.29, 1.82) is 0 Å². The Balaban J connectivity index is 3.11. The Morgan fingerprint density at radius 1 is 1.62 bits per heavy atom. The third-order valence-corrected chi connectivity index (χ3v) is 2.75. The van der Waals surface area contributed by atoms with Gasteiger partial charge in [0.1, 0.15) is 6.29 Å². The predicted molar refractivity (Wildman–Crippen MR) is 62.9 cm³/mol. The van der Waals surface area contributed by atoms with Gasteiger partial charge in [0.15, 0.2) is 0 Å². The highest BCUT2D eigenvalue weighted by atomic mass is 127. The molecular formula is C6H15IN3O2P. The second-order valence-electron chi connectivity index (χ2n) is 2.52. The number of nitrogens with two attached hydrogens (primary N) is 1. The molecule has 0 aromatic heterocycles. The molecule has 0 aliphatic carbocycles. The molecule has 13 heavy (non-hydrogen) atoms. The molecule has 0 fully saturated rings. The summed E-state index contributed by atoms with van der Waals surface area (Å²) in [6, 6.07) is 0. The highest BCUT2D eigenvalue weighted by molar-refractivity contribution is 14.2. The van der Waals surface area contributed by atoms with Gasteiger partial charge in [0.05, 0.1) is 0 Å². The van der Waals surface area contributed by atoms with E-state index in [9.17, 15) is 4.79 Å². The van der Waals surface area contributed by atoms with Crippen molar-refractivity contribution >= 4 is 34.4 Å². The molecular weight excluding hydrogens is 304 g/mol. The fourth-order valence-electron chi connectivity index (χ4n) is 0.769. The first-order valence-electron chi connectivity index (χ1n) is 3.98. The molecule has 0 aromatic rings. The van der Waals surface area contributed by atoms with Crippen molar-refractivity contribution in [2.45, 2.75) is 25.6 Å². The second kappa shape index (κ2) is 9.08. The molecule has 5 N–H and O–H groups in total. The standard InChI is InChI=1S/C6H15IN3O2P/c7-13-10-6(8)9-4-2-1-3-5(11)12/h6,9-10,13H,1-4,8H2,(H,11,12). The number of rotatable bonds is 8. The van der Waals surface area contributed by atoms with Crippen molar-refractivity contribution in [1.82, 2.24) is 10.4 Å². The molecule has 2 unspecified atom stereocenters. The molecule has 5 nitrogen and oxygen atoms in total. The number of carbonyl (C=O) groups is 1. The first-order valence-corrected chi connectivity index (χ1v) is 8.10. The van der Waals surface area contributed by atoms with Gasteiger partial charge in [0, 0.05) is 12.8 Å². The van der Waals surface area contributed by atoms with Crippen LogP contribution in [0.4, 0.5) is 0 Å². The normalized spacial score (nSPS) is 13.7. The van der Waals surface area contributed by atoms with E-state index in [1.165, 1.54) is 0 Å². The maximum Gasteiger partial charge on any atom is 0.303 e. The van der Waals surface area contributed by atoms with Crippen LogP contribution in [0.25, 0.3) is 0 Å². The summed E-state index contributed by atoms with van der Waals surface area (Å²) in [6.07, 6.45) is 2.17. The molecule has 0 spiro atoms. The highest BCUT2D eigenvalue weighted by Crippen LogP contribution is 2.13. The Hall–Kier alpha value is 0.510. The van der Waals surface area contributed by atoms with Crippen LogP contribution in [0.2, 0.25) is 0 Å². The summed E-state index contributed by atoms with van der Waals surface area (Å²) in [6.45, 7) is 0.753. The number of nitrogens with one attached hydrogen (secondary N) is 2. The minimum absolute atomic E-state index is 0.180. The first kappa shape index (κ1) is 13.5. The lowest BCUT2D eigenvalue weighted by Crippen LogP contribution is -2.45. The lowest BCUT2D eigenvalue weighted by atomic mass is 10.2. The van der Waals surface area contributed by atoms with E-state index in [2.05, 4.69) is 32.4 Å². The molecule has 0 saturated heterocycles. The van der Waals surface area contributed by atoms with Gasteiger partial charge in [-0.2, -0.15) is 0 Å². The Morgan fingerprint density at radius 3 is 2.85 bits per heavy atom. The molecule has 0 aliphatic rings. The highest BCUT2D eigenvalue weighted by Gasteiger charge is 1.99. The summed E-state index contributed by atoms with van der Waals surface area (Å²) in [4.78, 5) is 10.1. The average Bonchev–Trinajstić information content (AvgIpc) is 2.03. The van der Waals surface area contributed by atoms with E-state index in [0.29, 0.717) is 12.8 Å². The molecule has 7 heteroatoms. The van der Waals surface area contributed by atoms with Gasteiger partial charge in [0.2, 0.25) is 0 Å². The van der Waals surface area contributed by atoms with Gasteiger partial charge in [0.25, 0.3) is 0 Å². The van der Waals surface area contributed by atoms with Crippen LogP contribution >= 0.6 is 28.4 Å². The third-order valence-electron chi connectivity index (χ3n) is 1.39. The van der Waals surface area contributed by atoms with E-state index in [0.717, 1.165) is 13.0 Å². The van der Waals surface area contributed by atoms with Crippen LogP contribution in [-0.2, 0) is 4.79 Å². The zero-order valence-electron chi connectivity index (χ0n) is 7.22. The number of unbranched alkanes of at least 4 members (excludes halogenated alkanes) is 1. The molecule has 0 radical (unpaired) electrons. The van der Waals surface area contributed by atoms with E-state index in [4.69, 9.17) is 10.8 Å². The Labute approximate surface area is 92.5 Å². The van der Waals surface area contributed by atoms with Crippen molar-refractivity contribution in [3.63, 3.8) is 0 Å². The Morgan fingerprint density at radius 2 is 2.31 bits per heavy atom. The zero-order chi connectivity index (χ0) is 10.1. The number of carboxylic acid groups (broad SMARTS) is 1. The largest absolute Gasteiger partial charge is 0.481 e. The predicted octanol–water partition coefficient (Wildman–Crippen LogP) is 0.606. The number of hydrogen-bond acceptors (Lipinski definition) is 4. The lowest BCUT2D eigenvalue weighted by Gasteiger charge is -2.12. The lowest BCUT2D eigenvalue weighted by molar-refractivity contribution is -0.137. The summed E-state index contributed by atoms with van der Waals surface area (Å²) in [5.41, 5.74) is 5.59. The van der Waals surface area contributed by atoms with E-state index in [-0.39, 0.29) is 12.7 Å². The fraction of sp³-hybridized carbons (Fsp3) is 0.833. The molecule has 0 aliphatic heterocycles. The minimum atomic E-state index is -0.740. The van der Waals surface area contributed by atoms with Crippen LogP contribution in [0.3, 0.4) is 0 Å². The summed E-state index contributed by atoms with van der Waals surface area (Å²) in [7, 11) is 0. The fourth-order valence-corrected chi connectivity index (χ4v) is 1.99. The van der Waals surface area contributed by atoms with Crippen LogP contribution in [0.15, 0.2) is 0 Å². The molecule has 78 valence electrons. The SMILES string of the molecule is NC(NCCCCC(=O)O)NPI. The summed E-state index contributed by atoms with van der Waals surface area (Å²) in [5.74, 6) is -0.740. The van der Waals surface area contributed by atoms with Gasteiger partial charge in [-0.25, -0.2) is 0 Å². The molecule has 0 heterocycles. The molecule has 2 atom stereocenters. The van der Waals surface area contributed by atoms with Gasteiger partial charge in [-0.1, -0.05) is 0 Å². The van der Waals surface area contributed by atoms with Crippen LogP contribution < -0.4 is 16.1 Å². The second-order valence-corrected chi connectivity index (χ2v) is 4.62. The smallest absolute Gasteiger partial charge is 0.303 e. The van der Waals surface area contributed by atoms with Crippen molar-refractivity contribution in [3.8, 4) is 0 Å². The topological polar surface area (TPSA) is 87.4 Å². The van der Waals surface area contributed by atoms with Crippen molar-refractivity contribution < 1.29 is 9.90 Å². The number of halogens is 1. The Kier molecular flexibility index (Phi) is 9.44. The van der Waals surface area contributed by atoms with Gasteiger partial charge in [-0.3, -0.25) is 15.2 Å². The van der Waals surface area contributed by atoms with Crippen molar-refractivity contribution in [3.05, 3.63) is 0 Å². The van der Waals surface area contributed by atoms with Crippen molar-refractivity contribution in [2.24, 2.45) is 5.73 Å². The summed E-state index contributed by atoms with van der Waals surface area (Å²) in [5, 5.41) is 14.4. The van der Waals surface area contributed by atoms with Gasteiger partial charge >= 0.3 is 5.97 Å². The van der Waals surface area contributed by atoms with Gasteiger partial charge in [-0.15, -0.1) is 0 Å². The zero-order valence-corrected chi connectivity index (χ0v) is 10.4. The van der Waals surface area contributed by atoms with E-state index >= 15 is 0 Å². The molecule has 0 rings (SSSR count). The monoisotopic (exact) mass is 319 g/mol. The number of carboxylic acids is 1. The van der Waals surface area contributed by atoms with Crippen LogP contribution in [0.1, 0.15) is 19.3 Å². The van der Waals surface area contributed by atoms with E-state index < -0.39 is 5.97 Å². The first-order chi connectivity index (χ1) is 6.16. The van der Waals surface area contributed by atoms with Crippen molar-refractivity contribution in [2.75, 3.05) is 6.54 Å². The van der Waals surface area contributed by atoms with Crippen LogP contribution in [0, 0.1) is 0 Å². The van der Waals surface area contributed by atoms with Crippen LogP contribution in [-0.4, -0.2) is 23.9 Å². The van der Waals surface area contributed by atoms with E-state index in [1.807, 2.05) is 0 Å². The number of aliphatic carboxylic acids is 1. The summed E-state index contributed by atoms with van der Waals surface area (Å²) < 4.78 is 0. The van der Waals surface area contributed by atoms with Gasteiger partial charge < -0.3 is 10.8 Å². The third kappa shape index (κ3) is 10.4. The Bertz CT molecular complexity index is 150. The maximum atomic E-state index is 10.1. The minimum Gasteiger partial charge on any atom is -0.481 e. The molecule has 0 amide bonds. The average molecular weight is 319 g/mol. The molecule has 0 bridgehead atoms. The number of hydrogen-bond donors (Lipinski definition) is 4. The maximum absolute atomic E-state index is 10.1. The van der Waals surface area contributed by atoms with Gasteiger partial charge in [-0.05, 0) is 41.4 Å². The quantitative estimate of drug-likeness (QED) is 0.228. The van der Waals surface area contributed by atoms with E-state index in [1.54, 1.807) is 0 Å². The molecule has 0 aromatic carbocycles. The van der Waals surface area contributed by atoms with Crippen LogP contribution in [0.5, 0.6) is 0 Å².